The van der Waals surface area contributed by atoms with Gasteiger partial charge < -0.3 is 0 Å². The normalized spacial score (nSPS) is 16.1. The van der Waals surface area contributed by atoms with Crippen LogP contribution in [0.5, 0.6) is 0 Å². The summed E-state index contributed by atoms with van der Waals surface area (Å²) in [6, 6.07) is 21.9. The van der Waals surface area contributed by atoms with Crippen LogP contribution in [0.15, 0.2) is 78.4 Å². The number of amides is 4. The van der Waals surface area contributed by atoms with Crippen LogP contribution in [0, 0.1) is 0 Å². The number of barbiturate groups is 1. The van der Waals surface area contributed by atoms with E-state index in [1.807, 2.05) is 72.8 Å². The molecule has 1 saturated heterocycles. The first kappa shape index (κ1) is 16.7. The standard InChI is InChI=1S/C22H16N2O3/c25-20-19(13-17-11-6-10-16-9-4-5-12-18(16)17)21(26)24(22(27)23-20)14-15-7-2-1-3-8-15/h1-13H,14H2,(H,23,25,27). The van der Waals surface area contributed by atoms with Crippen molar-refractivity contribution in [1.29, 1.82) is 0 Å². The summed E-state index contributed by atoms with van der Waals surface area (Å²) in [5.74, 6) is -1.28. The topological polar surface area (TPSA) is 66.5 Å². The first-order valence-corrected chi connectivity index (χ1v) is 8.54. The van der Waals surface area contributed by atoms with Crippen molar-refractivity contribution in [1.82, 2.24) is 10.2 Å². The molecule has 0 unspecified atom stereocenters. The Balaban J connectivity index is 1.73. The summed E-state index contributed by atoms with van der Waals surface area (Å²) < 4.78 is 0. The van der Waals surface area contributed by atoms with E-state index in [-0.39, 0.29) is 12.1 Å². The first-order valence-electron chi connectivity index (χ1n) is 8.54. The Hall–Kier alpha value is -3.73. The molecule has 0 aromatic heterocycles. The van der Waals surface area contributed by atoms with Crippen LogP contribution in [-0.2, 0) is 16.1 Å². The number of carbonyl (C=O) groups is 3. The highest BCUT2D eigenvalue weighted by molar-refractivity contribution is 6.31. The molecule has 5 nitrogen and oxygen atoms in total. The van der Waals surface area contributed by atoms with Crippen LogP contribution in [0.3, 0.4) is 0 Å². The Labute approximate surface area is 155 Å². The average Bonchev–Trinajstić information content (AvgIpc) is 2.69. The summed E-state index contributed by atoms with van der Waals surface area (Å²) in [6.07, 6.45) is 1.55. The van der Waals surface area contributed by atoms with Crippen molar-refractivity contribution in [2.45, 2.75) is 6.54 Å². The van der Waals surface area contributed by atoms with Crippen molar-refractivity contribution in [3.8, 4) is 0 Å². The second-order valence-corrected chi connectivity index (χ2v) is 6.26. The van der Waals surface area contributed by atoms with Gasteiger partial charge in [-0.25, -0.2) is 4.79 Å². The van der Waals surface area contributed by atoms with Crippen molar-refractivity contribution in [2.24, 2.45) is 0 Å². The molecule has 1 aliphatic rings. The fraction of sp³-hybridized carbons (Fsp3) is 0.0455. The van der Waals surface area contributed by atoms with E-state index in [1.165, 1.54) is 0 Å². The zero-order chi connectivity index (χ0) is 18.8. The average molecular weight is 356 g/mol. The second-order valence-electron chi connectivity index (χ2n) is 6.26. The van der Waals surface area contributed by atoms with E-state index in [1.54, 1.807) is 6.08 Å². The quantitative estimate of drug-likeness (QED) is 0.577. The third kappa shape index (κ3) is 3.22. The molecule has 0 atom stereocenters. The molecule has 0 spiro atoms. The zero-order valence-electron chi connectivity index (χ0n) is 14.4. The van der Waals surface area contributed by atoms with Crippen LogP contribution < -0.4 is 5.32 Å². The Morgan fingerprint density at radius 2 is 1.52 bits per heavy atom. The highest BCUT2D eigenvalue weighted by Gasteiger charge is 2.35. The molecular weight excluding hydrogens is 340 g/mol. The molecule has 27 heavy (non-hydrogen) atoms. The van der Waals surface area contributed by atoms with Gasteiger partial charge in [-0.05, 0) is 28.0 Å². The monoisotopic (exact) mass is 356 g/mol. The van der Waals surface area contributed by atoms with Crippen molar-refractivity contribution < 1.29 is 14.4 Å². The molecule has 5 heteroatoms. The predicted molar refractivity (Wildman–Crippen MR) is 102 cm³/mol. The lowest BCUT2D eigenvalue weighted by molar-refractivity contribution is -0.130. The van der Waals surface area contributed by atoms with Crippen LogP contribution >= 0.6 is 0 Å². The smallest absolute Gasteiger partial charge is 0.273 e. The van der Waals surface area contributed by atoms with Crippen molar-refractivity contribution in [2.75, 3.05) is 0 Å². The minimum atomic E-state index is -0.705. The second kappa shape index (κ2) is 6.88. The first-order chi connectivity index (χ1) is 13.1. The number of hydrogen-bond donors (Lipinski definition) is 1. The molecule has 1 heterocycles. The molecule has 4 rings (SSSR count). The van der Waals surface area contributed by atoms with E-state index in [0.717, 1.165) is 26.8 Å². The lowest BCUT2D eigenvalue weighted by Crippen LogP contribution is -2.53. The third-order valence-electron chi connectivity index (χ3n) is 4.49. The van der Waals surface area contributed by atoms with Crippen molar-refractivity contribution >= 4 is 34.7 Å². The number of hydrogen-bond acceptors (Lipinski definition) is 3. The number of carbonyl (C=O) groups excluding carboxylic acids is 3. The summed E-state index contributed by atoms with van der Waals surface area (Å²) in [5, 5.41) is 4.19. The van der Waals surface area contributed by atoms with Gasteiger partial charge in [0.15, 0.2) is 0 Å². The highest BCUT2D eigenvalue weighted by Crippen LogP contribution is 2.23. The maximum atomic E-state index is 12.9. The van der Waals surface area contributed by atoms with Gasteiger partial charge in [0.05, 0.1) is 6.54 Å². The summed E-state index contributed by atoms with van der Waals surface area (Å²) >= 11 is 0. The molecule has 1 N–H and O–H groups in total. The number of fused-ring (bicyclic) bond motifs is 1. The molecule has 0 radical (unpaired) electrons. The van der Waals surface area contributed by atoms with E-state index in [4.69, 9.17) is 0 Å². The van der Waals surface area contributed by atoms with E-state index in [9.17, 15) is 14.4 Å². The molecular formula is C22H16N2O3. The van der Waals surface area contributed by atoms with Gasteiger partial charge in [-0.2, -0.15) is 0 Å². The van der Waals surface area contributed by atoms with Crippen LogP contribution in [-0.4, -0.2) is 22.7 Å². The number of nitrogens with one attached hydrogen (secondary N) is 1. The Morgan fingerprint density at radius 1 is 0.815 bits per heavy atom. The number of rotatable bonds is 3. The van der Waals surface area contributed by atoms with Gasteiger partial charge in [0.1, 0.15) is 5.57 Å². The fourth-order valence-corrected chi connectivity index (χ4v) is 3.14. The van der Waals surface area contributed by atoms with Crippen LogP contribution in [0.2, 0.25) is 0 Å². The number of imide groups is 2. The van der Waals surface area contributed by atoms with Gasteiger partial charge in [-0.15, -0.1) is 0 Å². The van der Waals surface area contributed by atoms with Gasteiger partial charge in [0.2, 0.25) is 0 Å². The van der Waals surface area contributed by atoms with E-state index >= 15 is 0 Å². The number of benzene rings is 3. The van der Waals surface area contributed by atoms with Crippen molar-refractivity contribution in [3.63, 3.8) is 0 Å². The largest absolute Gasteiger partial charge is 0.331 e. The maximum absolute atomic E-state index is 12.9. The summed E-state index contributed by atoms with van der Waals surface area (Å²) in [4.78, 5) is 38.4. The summed E-state index contributed by atoms with van der Waals surface area (Å²) in [5.41, 5.74) is 1.50. The number of nitrogens with zero attached hydrogens (tertiary/aromatic N) is 1. The number of urea groups is 1. The lowest BCUT2D eigenvalue weighted by atomic mass is 10.0. The van der Waals surface area contributed by atoms with Gasteiger partial charge in [0, 0.05) is 0 Å². The zero-order valence-corrected chi connectivity index (χ0v) is 14.4. The fourth-order valence-electron chi connectivity index (χ4n) is 3.14. The van der Waals surface area contributed by atoms with Crippen LogP contribution in [0.1, 0.15) is 11.1 Å². The molecule has 1 fully saturated rings. The predicted octanol–water partition coefficient (Wildman–Crippen LogP) is 3.50. The van der Waals surface area contributed by atoms with E-state index in [2.05, 4.69) is 5.32 Å². The highest BCUT2D eigenvalue weighted by atomic mass is 16.2. The molecule has 3 aromatic carbocycles. The van der Waals surface area contributed by atoms with Crippen molar-refractivity contribution in [3.05, 3.63) is 89.5 Å². The Morgan fingerprint density at radius 3 is 2.33 bits per heavy atom. The maximum Gasteiger partial charge on any atom is 0.331 e. The van der Waals surface area contributed by atoms with Crippen LogP contribution in [0.4, 0.5) is 4.79 Å². The minimum Gasteiger partial charge on any atom is -0.273 e. The van der Waals surface area contributed by atoms with Gasteiger partial charge in [0.25, 0.3) is 11.8 Å². The third-order valence-corrected chi connectivity index (χ3v) is 4.49. The molecule has 132 valence electrons. The van der Waals surface area contributed by atoms with E-state index in [0.29, 0.717) is 0 Å². The molecule has 0 aliphatic carbocycles. The summed E-state index contributed by atoms with van der Waals surface area (Å²) in [7, 11) is 0. The lowest BCUT2D eigenvalue weighted by Gasteiger charge is -2.26. The van der Waals surface area contributed by atoms with E-state index < -0.39 is 17.8 Å². The van der Waals surface area contributed by atoms with Crippen LogP contribution in [0.25, 0.3) is 16.8 Å². The summed E-state index contributed by atoms with van der Waals surface area (Å²) in [6.45, 7) is 0.103. The molecule has 0 bridgehead atoms. The molecule has 1 aliphatic heterocycles. The molecule has 4 amide bonds. The Bertz CT molecular complexity index is 1080. The van der Waals surface area contributed by atoms with Gasteiger partial charge >= 0.3 is 6.03 Å². The minimum absolute atomic E-state index is 0.0538. The van der Waals surface area contributed by atoms with Gasteiger partial charge in [-0.3, -0.25) is 19.8 Å². The molecule has 0 saturated carbocycles. The Kier molecular flexibility index (Phi) is 4.26. The SMILES string of the molecule is O=C1NC(=O)N(Cc2ccccc2)C(=O)C1=Cc1cccc2ccccc12. The van der Waals surface area contributed by atoms with Gasteiger partial charge in [-0.1, -0.05) is 72.8 Å². The molecule has 3 aromatic rings.